The molecule has 1 aromatic carbocycles. The van der Waals surface area contributed by atoms with E-state index in [1.54, 1.807) is 11.3 Å². The quantitative estimate of drug-likeness (QED) is 0.855. The first-order valence-electron chi connectivity index (χ1n) is 5.23. The van der Waals surface area contributed by atoms with Gasteiger partial charge in [-0.2, -0.15) is 0 Å². The Kier molecular flexibility index (Phi) is 5.36. The van der Waals surface area contributed by atoms with Crippen LogP contribution in [0.5, 0.6) is 0 Å². The molecule has 0 bridgehead atoms. The maximum Gasteiger partial charge on any atom is 0.0494 e. The molecule has 1 aromatic heterocycles. The Bertz CT molecular complexity index is 394. The molecule has 2 aromatic rings. The minimum atomic E-state index is 0. The van der Waals surface area contributed by atoms with Gasteiger partial charge in [-0.3, -0.25) is 0 Å². The van der Waals surface area contributed by atoms with Gasteiger partial charge in [0, 0.05) is 17.1 Å². The number of nitrogens with one attached hydrogen (secondary N) is 1. The van der Waals surface area contributed by atoms with Crippen LogP contribution in [0.2, 0.25) is 0 Å². The first-order valence-corrected chi connectivity index (χ1v) is 6.11. The highest BCUT2D eigenvalue weighted by Gasteiger charge is 1.94. The molecule has 0 fully saturated rings. The Morgan fingerprint density at radius 2 is 1.88 bits per heavy atom. The summed E-state index contributed by atoms with van der Waals surface area (Å²) in [4.78, 5) is 1.37. The van der Waals surface area contributed by atoms with E-state index in [0.717, 1.165) is 13.0 Å². The van der Waals surface area contributed by atoms with Gasteiger partial charge in [-0.15, -0.1) is 23.7 Å². The molecule has 1 heterocycles. The minimum Gasteiger partial charge on any atom is -0.380 e. The van der Waals surface area contributed by atoms with Crippen LogP contribution in [-0.2, 0) is 13.0 Å². The molecule has 0 saturated carbocycles. The van der Waals surface area contributed by atoms with E-state index in [4.69, 9.17) is 0 Å². The van der Waals surface area contributed by atoms with Gasteiger partial charge >= 0.3 is 0 Å². The summed E-state index contributed by atoms with van der Waals surface area (Å²) in [6, 6.07) is 12.9. The van der Waals surface area contributed by atoms with Gasteiger partial charge in [-0.05, 0) is 35.6 Å². The van der Waals surface area contributed by atoms with E-state index in [0.29, 0.717) is 0 Å². The Hall–Kier alpha value is -0.990. The van der Waals surface area contributed by atoms with Gasteiger partial charge in [0.15, 0.2) is 0 Å². The summed E-state index contributed by atoms with van der Waals surface area (Å²) in [5.74, 6) is 0. The van der Waals surface area contributed by atoms with Gasteiger partial charge in [0.2, 0.25) is 0 Å². The first-order chi connectivity index (χ1) is 7.38. The summed E-state index contributed by atoms with van der Waals surface area (Å²) in [5, 5.41) is 5.52. The van der Waals surface area contributed by atoms with Crippen molar-refractivity contribution in [3.05, 3.63) is 52.2 Å². The number of benzene rings is 1. The van der Waals surface area contributed by atoms with Crippen LogP contribution in [0.3, 0.4) is 0 Å². The predicted octanol–water partition coefficient (Wildman–Crippen LogP) is 4.34. The van der Waals surface area contributed by atoms with Crippen LogP contribution in [0.4, 0.5) is 5.69 Å². The molecule has 1 N–H and O–H groups in total. The molecule has 0 amide bonds. The Balaban J connectivity index is 0.00000128. The summed E-state index contributed by atoms with van der Waals surface area (Å²) >= 11 is 1.79. The zero-order valence-electron chi connectivity index (χ0n) is 9.27. The number of rotatable bonds is 4. The van der Waals surface area contributed by atoms with Gasteiger partial charge in [0.05, 0.1) is 0 Å². The second-order valence-electron chi connectivity index (χ2n) is 3.48. The molecule has 0 radical (unpaired) electrons. The van der Waals surface area contributed by atoms with E-state index in [1.807, 2.05) is 0 Å². The summed E-state index contributed by atoms with van der Waals surface area (Å²) in [6.07, 6.45) is 1.10. The van der Waals surface area contributed by atoms with E-state index in [2.05, 4.69) is 54.0 Å². The highest BCUT2D eigenvalue weighted by atomic mass is 35.5. The Morgan fingerprint density at radius 3 is 2.44 bits per heavy atom. The number of hydrogen-bond donors (Lipinski definition) is 1. The van der Waals surface area contributed by atoms with Crippen LogP contribution >= 0.6 is 23.7 Å². The SMILES string of the molecule is CCc1ccc(NCc2cccs2)cc1.Cl. The molecule has 3 heteroatoms. The second kappa shape index (κ2) is 6.56. The van der Waals surface area contributed by atoms with Crippen molar-refractivity contribution < 1.29 is 0 Å². The molecule has 0 saturated heterocycles. The lowest BCUT2D eigenvalue weighted by molar-refractivity contribution is 1.13. The summed E-state index contributed by atoms with van der Waals surface area (Å²) in [5.41, 5.74) is 2.58. The van der Waals surface area contributed by atoms with Crippen molar-refractivity contribution >= 4 is 29.4 Å². The van der Waals surface area contributed by atoms with Crippen molar-refractivity contribution in [2.45, 2.75) is 19.9 Å². The molecule has 0 spiro atoms. The molecule has 0 aliphatic rings. The third kappa shape index (κ3) is 3.54. The van der Waals surface area contributed by atoms with Crippen LogP contribution in [0, 0.1) is 0 Å². The fraction of sp³-hybridized carbons (Fsp3) is 0.231. The van der Waals surface area contributed by atoms with E-state index < -0.39 is 0 Å². The van der Waals surface area contributed by atoms with Crippen LogP contribution in [0.15, 0.2) is 41.8 Å². The predicted molar refractivity (Wildman–Crippen MR) is 74.7 cm³/mol. The number of aryl methyl sites for hydroxylation is 1. The fourth-order valence-corrected chi connectivity index (χ4v) is 2.11. The van der Waals surface area contributed by atoms with Crippen molar-refractivity contribution in [1.82, 2.24) is 0 Å². The normalized spacial score (nSPS) is 9.56. The minimum absolute atomic E-state index is 0. The zero-order chi connectivity index (χ0) is 10.5. The summed E-state index contributed by atoms with van der Waals surface area (Å²) < 4.78 is 0. The van der Waals surface area contributed by atoms with Crippen LogP contribution in [-0.4, -0.2) is 0 Å². The maximum atomic E-state index is 3.41. The van der Waals surface area contributed by atoms with Crippen molar-refractivity contribution in [2.75, 3.05) is 5.32 Å². The smallest absolute Gasteiger partial charge is 0.0494 e. The molecule has 16 heavy (non-hydrogen) atoms. The van der Waals surface area contributed by atoms with E-state index in [1.165, 1.54) is 16.1 Å². The average Bonchev–Trinajstić information content (AvgIpc) is 2.80. The van der Waals surface area contributed by atoms with Crippen LogP contribution in [0.25, 0.3) is 0 Å². The molecular weight excluding hydrogens is 238 g/mol. The van der Waals surface area contributed by atoms with E-state index in [-0.39, 0.29) is 12.4 Å². The number of halogens is 1. The lowest BCUT2D eigenvalue weighted by Crippen LogP contribution is -1.97. The van der Waals surface area contributed by atoms with E-state index in [9.17, 15) is 0 Å². The van der Waals surface area contributed by atoms with Crippen LogP contribution in [0.1, 0.15) is 17.4 Å². The third-order valence-corrected chi connectivity index (χ3v) is 3.29. The fourth-order valence-electron chi connectivity index (χ4n) is 1.46. The van der Waals surface area contributed by atoms with Gasteiger partial charge in [0.25, 0.3) is 0 Å². The molecule has 0 atom stereocenters. The van der Waals surface area contributed by atoms with Crippen molar-refractivity contribution in [3.63, 3.8) is 0 Å². The molecule has 2 rings (SSSR count). The van der Waals surface area contributed by atoms with Crippen molar-refractivity contribution in [2.24, 2.45) is 0 Å². The number of thiophene rings is 1. The maximum absolute atomic E-state index is 3.41. The van der Waals surface area contributed by atoms with Crippen LogP contribution < -0.4 is 5.32 Å². The lowest BCUT2D eigenvalue weighted by Gasteiger charge is -2.05. The van der Waals surface area contributed by atoms with Gasteiger partial charge in [0.1, 0.15) is 0 Å². The summed E-state index contributed by atoms with van der Waals surface area (Å²) in [7, 11) is 0. The number of anilines is 1. The largest absolute Gasteiger partial charge is 0.380 e. The van der Waals surface area contributed by atoms with Crippen molar-refractivity contribution in [1.29, 1.82) is 0 Å². The molecular formula is C13H16ClNS. The molecule has 0 aliphatic carbocycles. The standard InChI is InChI=1S/C13H15NS.ClH/c1-2-11-5-7-12(8-6-11)14-10-13-4-3-9-15-13;/h3-9,14H,2,10H2,1H3;1H. The highest BCUT2D eigenvalue weighted by molar-refractivity contribution is 7.09. The first kappa shape index (κ1) is 13.1. The Morgan fingerprint density at radius 1 is 1.12 bits per heavy atom. The molecule has 0 aliphatic heterocycles. The second-order valence-corrected chi connectivity index (χ2v) is 4.52. The lowest BCUT2D eigenvalue weighted by atomic mass is 10.1. The third-order valence-electron chi connectivity index (χ3n) is 2.41. The monoisotopic (exact) mass is 253 g/mol. The van der Waals surface area contributed by atoms with Gasteiger partial charge in [-0.25, -0.2) is 0 Å². The molecule has 86 valence electrons. The molecule has 0 unspecified atom stereocenters. The summed E-state index contributed by atoms with van der Waals surface area (Å²) in [6.45, 7) is 3.09. The van der Waals surface area contributed by atoms with Crippen molar-refractivity contribution in [3.8, 4) is 0 Å². The average molecular weight is 254 g/mol. The topological polar surface area (TPSA) is 12.0 Å². The molecule has 1 nitrogen and oxygen atoms in total. The van der Waals surface area contributed by atoms with E-state index >= 15 is 0 Å². The van der Waals surface area contributed by atoms with Gasteiger partial charge < -0.3 is 5.32 Å². The number of hydrogen-bond acceptors (Lipinski definition) is 2. The zero-order valence-corrected chi connectivity index (χ0v) is 10.9. The highest BCUT2D eigenvalue weighted by Crippen LogP contribution is 2.14. The Labute approximate surface area is 107 Å². The van der Waals surface area contributed by atoms with Gasteiger partial charge in [-0.1, -0.05) is 25.1 Å².